The molecular weight excluding hydrogens is 428 g/mol. The fourth-order valence-electron chi connectivity index (χ4n) is 5.04. The van der Waals surface area contributed by atoms with Crippen molar-refractivity contribution < 1.29 is 14.1 Å². The van der Waals surface area contributed by atoms with E-state index in [0.717, 1.165) is 50.7 Å². The SMILES string of the molecule is COC(=O)c1ccc(CN2CC(c3nc(C4(CN[C@H]5CC5c5ccccc5)CC4)no3)C2)cc1. The molecule has 3 aliphatic rings. The highest BCUT2D eigenvalue weighted by atomic mass is 16.5. The molecule has 2 atom stereocenters. The molecule has 1 aromatic heterocycles. The van der Waals surface area contributed by atoms with Crippen LogP contribution in [0.2, 0.25) is 0 Å². The van der Waals surface area contributed by atoms with Gasteiger partial charge in [-0.2, -0.15) is 4.98 Å². The maximum Gasteiger partial charge on any atom is 0.337 e. The summed E-state index contributed by atoms with van der Waals surface area (Å²) in [4.78, 5) is 18.8. The lowest BCUT2D eigenvalue weighted by Crippen LogP contribution is -2.44. The molecule has 2 aliphatic carbocycles. The second-order valence-corrected chi connectivity index (χ2v) is 10.1. The van der Waals surface area contributed by atoms with E-state index in [-0.39, 0.29) is 11.4 Å². The van der Waals surface area contributed by atoms with Crippen molar-refractivity contribution in [1.29, 1.82) is 0 Å². The zero-order chi connectivity index (χ0) is 23.1. The molecule has 2 aromatic carbocycles. The van der Waals surface area contributed by atoms with Crippen LogP contribution in [0.25, 0.3) is 0 Å². The molecule has 3 fully saturated rings. The van der Waals surface area contributed by atoms with Gasteiger partial charge in [0, 0.05) is 43.6 Å². The van der Waals surface area contributed by atoms with Crippen LogP contribution in [0.5, 0.6) is 0 Å². The molecule has 2 saturated carbocycles. The Hall–Kier alpha value is -3.03. The van der Waals surface area contributed by atoms with Gasteiger partial charge in [0.15, 0.2) is 5.82 Å². The Morgan fingerprint density at radius 1 is 1.15 bits per heavy atom. The van der Waals surface area contributed by atoms with Gasteiger partial charge in [0.1, 0.15) is 0 Å². The van der Waals surface area contributed by atoms with E-state index in [1.807, 2.05) is 24.3 Å². The predicted octanol–water partition coefficient (Wildman–Crippen LogP) is 3.63. The molecule has 1 aliphatic heterocycles. The number of ether oxygens (including phenoxy) is 1. The van der Waals surface area contributed by atoms with Crippen molar-refractivity contribution in [3.8, 4) is 0 Å². The smallest absolute Gasteiger partial charge is 0.337 e. The largest absolute Gasteiger partial charge is 0.465 e. The number of nitrogens with one attached hydrogen (secondary N) is 1. The van der Waals surface area contributed by atoms with Gasteiger partial charge in [-0.25, -0.2) is 4.79 Å². The topological polar surface area (TPSA) is 80.5 Å². The molecule has 1 N–H and O–H groups in total. The Kier molecular flexibility index (Phi) is 5.46. The molecule has 7 nitrogen and oxygen atoms in total. The predicted molar refractivity (Wildman–Crippen MR) is 127 cm³/mol. The van der Waals surface area contributed by atoms with Gasteiger partial charge in [0.05, 0.1) is 18.6 Å². The first-order valence-electron chi connectivity index (χ1n) is 12.2. The molecule has 34 heavy (non-hydrogen) atoms. The highest BCUT2D eigenvalue weighted by molar-refractivity contribution is 5.89. The highest BCUT2D eigenvalue weighted by Crippen LogP contribution is 2.48. The Balaban J connectivity index is 0.989. The normalized spacial score (nSPS) is 23.3. The van der Waals surface area contributed by atoms with Crippen molar-refractivity contribution in [3.63, 3.8) is 0 Å². The second-order valence-electron chi connectivity index (χ2n) is 10.1. The standard InChI is InChI=1S/C27H30N4O3/c1-33-25(32)20-9-7-18(8-10-20)14-31-15-21(16-31)24-29-26(30-34-24)27(11-12-27)17-28-23-13-22(23)19-5-3-2-4-6-19/h2-10,21-23,28H,11-17H2,1H3/t22?,23-/m0/s1. The minimum atomic E-state index is -0.306. The number of carbonyl (C=O) groups excluding carboxylic acids is 1. The van der Waals surface area contributed by atoms with Crippen LogP contribution in [0.3, 0.4) is 0 Å². The van der Waals surface area contributed by atoms with E-state index in [0.29, 0.717) is 23.4 Å². The molecule has 0 amide bonds. The third-order valence-corrected chi connectivity index (χ3v) is 7.58. The third-order valence-electron chi connectivity index (χ3n) is 7.58. The Labute approximate surface area is 199 Å². The van der Waals surface area contributed by atoms with Gasteiger partial charge in [-0.15, -0.1) is 0 Å². The van der Waals surface area contributed by atoms with Crippen molar-refractivity contribution in [3.05, 3.63) is 83.0 Å². The van der Waals surface area contributed by atoms with E-state index in [9.17, 15) is 4.79 Å². The summed E-state index contributed by atoms with van der Waals surface area (Å²) in [5, 5.41) is 8.15. The zero-order valence-electron chi connectivity index (χ0n) is 19.4. The van der Waals surface area contributed by atoms with Gasteiger partial charge in [-0.05, 0) is 42.5 Å². The monoisotopic (exact) mass is 458 g/mol. The van der Waals surface area contributed by atoms with Gasteiger partial charge in [-0.1, -0.05) is 47.6 Å². The van der Waals surface area contributed by atoms with E-state index < -0.39 is 0 Å². The molecule has 3 aromatic rings. The summed E-state index contributed by atoms with van der Waals surface area (Å²) in [6, 6.07) is 18.9. The van der Waals surface area contributed by atoms with Crippen molar-refractivity contribution in [1.82, 2.24) is 20.4 Å². The molecule has 2 heterocycles. The summed E-state index contributed by atoms with van der Waals surface area (Å²) in [5.41, 5.74) is 3.23. The lowest BCUT2D eigenvalue weighted by Gasteiger charge is -2.37. The van der Waals surface area contributed by atoms with E-state index in [1.165, 1.54) is 24.7 Å². The van der Waals surface area contributed by atoms with Crippen LogP contribution < -0.4 is 5.32 Å². The maximum absolute atomic E-state index is 11.6. The van der Waals surface area contributed by atoms with Crippen LogP contribution in [-0.2, 0) is 16.7 Å². The molecular formula is C27H30N4O3. The first kappa shape index (κ1) is 21.5. The number of aromatic nitrogens is 2. The van der Waals surface area contributed by atoms with Gasteiger partial charge in [0.25, 0.3) is 0 Å². The summed E-state index contributed by atoms with van der Waals surface area (Å²) < 4.78 is 10.5. The molecule has 1 saturated heterocycles. The number of carbonyl (C=O) groups is 1. The van der Waals surface area contributed by atoms with Crippen molar-refractivity contribution in [2.75, 3.05) is 26.7 Å². The van der Waals surface area contributed by atoms with E-state index in [4.69, 9.17) is 14.2 Å². The average Bonchev–Trinajstić information content (AvgIpc) is 3.77. The highest BCUT2D eigenvalue weighted by Gasteiger charge is 2.50. The summed E-state index contributed by atoms with van der Waals surface area (Å²) in [7, 11) is 1.40. The first-order valence-corrected chi connectivity index (χ1v) is 12.2. The minimum absolute atomic E-state index is 0.0520. The van der Waals surface area contributed by atoms with Crippen LogP contribution in [0.15, 0.2) is 59.1 Å². The zero-order valence-corrected chi connectivity index (χ0v) is 19.4. The fourth-order valence-corrected chi connectivity index (χ4v) is 5.04. The fraction of sp³-hybridized carbons (Fsp3) is 0.444. The Morgan fingerprint density at radius 2 is 1.91 bits per heavy atom. The second kappa shape index (κ2) is 8.64. The molecule has 7 heteroatoms. The van der Waals surface area contributed by atoms with Crippen LogP contribution in [-0.4, -0.2) is 53.8 Å². The number of esters is 1. The van der Waals surface area contributed by atoms with E-state index in [2.05, 4.69) is 45.7 Å². The summed E-state index contributed by atoms with van der Waals surface area (Å²) in [6.45, 7) is 3.59. The Bertz CT molecular complexity index is 1150. The number of rotatable bonds is 9. The molecule has 6 rings (SSSR count). The number of hydrogen-bond acceptors (Lipinski definition) is 7. The summed E-state index contributed by atoms with van der Waals surface area (Å²) in [6.07, 6.45) is 3.46. The van der Waals surface area contributed by atoms with Crippen LogP contribution >= 0.6 is 0 Å². The van der Waals surface area contributed by atoms with Crippen molar-refractivity contribution in [2.45, 2.75) is 49.1 Å². The quantitative estimate of drug-likeness (QED) is 0.491. The number of nitrogens with zero attached hydrogens (tertiary/aromatic N) is 3. The van der Waals surface area contributed by atoms with Gasteiger partial charge < -0.3 is 14.6 Å². The van der Waals surface area contributed by atoms with Gasteiger partial charge in [-0.3, -0.25) is 4.90 Å². The van der Waals surface area contributed by atoms with E-state index >= 15 is 0 Å². The maximum atomic E-state index is 11.6. The van der Waals surface area contributed by atoms with Crippen molar-refractivity contribution in [2.24, 2.45) is 0 Å². The molecule has 0 radical (unpaired) electrons. The number of benzene rings is 2. The molecule has 0 bridgehead atoms. The lowest BCUT2D eigenvalue weighted by atomic mass is 9.98. The minimum Gasteiger partial charge on any atom is -0.465 e. The number of likely N-dealkylation sites (tertiary alicyclic amines) is 1. The number of hydrogen-bond donors (Lipinski definition) is 1. The molecule has 1 unspecified atom stereocenters. The van der Waals surface area contributed by atoms with Crippen LogP contribution in [0.1, 0.15) is 64.3 Å². The van der Waals surface area contributed by atoms with E-state index in [1.54, 1.807) is 0 Å². The van der Waals surface area contributed by atoms with Crippen LogP contribution in [0, 0.1) is 0 Å². The molecule has 176 valence electrons. The third kappa shape index (κ3) is 4.26. The molecule has 0 spiro atoms. The van der Waals surface area contributed by atoms with Crippen molar-refractivity contribution >= 4 is 5.97 Å². The first-order chi connectivity index (χ1) is 16.6. The van der Waals surface area contributed by atoms with Crippen LogP contribution in [0.4, 0.5) is 0 Å². The van der Waals surface area contributed by atoms with Gasteiger partial charge >= 0.3 is 5.97 Å². The lowest BCUT2D eigenvalue weighted by molar-refractivity contribution is 0.0600. The summed E-state index contributed by atoms with van der Waals surface area (Å²) in [5.74, 6) is 2.27. The number of methoxy groups -OCH3 is 1. The average molecular weight is 459 g/mol. The summed E-state index contributed by atoms with van der Waals surface area (Å²) >= 11 is 0. The Morgan fingerprint density at radius 3 is 2.62 bits per heavy atom. The van der Waals surface area contributed by atoms with Gasteiger partial charge in [0.2, 0.25) is 5.89 Å².